The summed E-state index contributed by atoms with van der Waals surface area (Å²) in [5, 5.41) is 4.42. The Morgan fingerprint density at radius 1 is 1.39 bits per heavy atom. The summed E-state index contributed by atoms with van der Waals surface area (Å²) in [7, 11) is 1.87. The number of hydrogen-bond donors (Lipinski definition) is 0. The van der Waals surface area contributed by atoms with Gasteiger partial charge in [0.25, 0.3) is 0 Å². The average molecular weight is 241 g/mol. The third-order valence-corrected chi connectivity index (χ3v) is 2.90. The predicted octanol–water partition coefficient (Wildman–Crippen LogP) is 1.25. The van der Waals surface area contributed by atoms with E-state index < -0.39 is 0 Å². The molecule has 6 heteroatoms. The first-order valence-corrected chi connectivity index (χ1v) is 5.50. The monoisotopic (exact) mass is 241 g/mol. The predicted molar refractivity (Wildman–Crippen MR) is 65.3 cm³/mol. The fraction of sp³-hybridized carbons (Fsp3) is 0.167. The Hall–Kier alpha value is -2.50. The van der Waals surface area contributed by atoms with Gasteiger partial charge in [-0.05, 0) is 19.1 Å². The van der Waals surface area contributed by atoms with Crippen molar-refractivity contribution in [2.75, 3.05) is 0 Å². The average Bonchev–Trinajstić information content (AvgIpc) is 2.87. The second kappa shape index (κ2) is 3.76. The molecule has 3 aromatic heterocycles. The van der Waals surface area contributed by atoms with Gasteiger partial charge in [-0.3, -0.25) is 14.3 Å². The topological polar surface area (TPSA) is 65.1 Å². The third-order valence-electron chi connectivity index (χ3n) is 2.90. The highest BCUT2D eigenvalue weighted by Crippen LogP contribution is 2.19. The van der Waals surface area contributed by atoms with Crippen molar-refractivity contribution in [3.63, 3.8) is 0 Å². The lowest BCUT2D eigenvalue weighted by atomic mass is 10.3. The fourth-order valence-corrected chi connectivity index (χ4v) is 1.97. The van der Waals surface area contributed by atoms with Crippen LogP contribution in [0.3, 0.4) is 0 Å². The zero-order valence-corrected chi connectivity index (χ0v) is 10.0. The molecule has 0 saturated heterocycles. The highest BCUT2D eigenvalue weighted by molar-refractivity contribution is 5.76. The number of carbonyl (C=O) groups excluding carboxylic acids is 1. The van der Waals surface area contributed by atoms with E-state index in [0.29, 0.717) is 17.2 Å². The van der Waals surface area contributed by atoms with E-state index in [4.69, 9.17) is 0 Å². The molecule has 0 aliphatic carbocycles. The Morgan fingerprint density at radius 2 is 2.22 bits per heavy atom. The van der Waals surface area contributed by atoms with E-state index in [1.807, 2.05) is 23.7 Å². The quantitative estimate of drug-likeness (QED) is 0.633. The van der Waals surface area contributed by atoms with Gasteiger partial charge in [-0.15, -0.1) is 5.10 Å². The number of aryl methyl sites for hydroxylation is 2. The first-order chi connectivity index (χ1) is 8.72. The molecule has 0 saturated carbocycles. The van der Waals surface area contributed by atoms with Crippen LogP contribution in [0.15, 0.2) is 24.5 Å². The highest BCUT2D eigenvalue weighted by Gasteiger charge is 2.16. The van der Waals surface area contributed by atoms with E-state index in [1.54, 1.807) is 23.8 Å². The van der Waals surface area contributed by atoms with Gasteiger partial charge in [-0.25, -0.2) is 4.98 Å². The van der Waals surface area contributed by atoms with Gasteiger partial charge in [0.2, 0.25) is 5.78 Å². The minimum absolute atomic E-state index is 0.482. The first kappa shape index (κ1) is 10.6. The molecule has 0 fully saturated rings. The lowest BCUT2D eigenvalue weighted by Gasteiger charge is -1.98. The molecule has 0 aliphatic rings. The van der Waals surface area contributed by atoms with Gasteiger partial charge in [-0.2, -0.15) is 4.52 Å². The lowest BCUT2D eigenvalue weighted by Crippen LogP contribution is -1.95. The molecule has 0 bridgehead atoms. The Kier molecular flexibility index (Phi) is 2.22. The zero-order valence-electron chi connectivity index (χ0n) is 10.0. The van der Waals surface area contributed by atoms with Crippen LogP contribution in [-0.4, -0.2) is 30.4 Å². The molecule has 0 aromatic carbocycles. The van der Waals surface area contributed by atoms with Crippen molar-refractivity contribution in [3.05, 3.63) is 35.9 Å². The van der Waals surface area contributed by atoms with Crippen LogP contribution < -0.4 is 0 Å². The number of hydrogen-bond acceptors (Lipinski definition) is 4. The number of carbonyl (C=O) groups is 1. The van der Waals surface area contributed by atoms with E-state index in [9.17, 15) is 4.79 Å². The van der Waals surface area contributed by atoms with Gasteiger partial charge >= 0.3 is 0 Å². The summed E-state index contributed by atoms with van der Waals surface area (Å²) in [6.45, 7) is 1.79. The van der Waals surface area contributed by atoms with E-state index in [-0.39, 0.29) is 0 Å². The largest absolute Gasteiger partial charge is 0.296 e. The Balaban J connectivity index is 2.30. The maximum Gasteiger partial charge on any atom is 0.233 e. The van der Waals surface area contributed by atoms with Crippen LogP contribution in [0.5, 0.6) is 0 Å². The summed E-state index contributed by atoms with van der Waals surface area (Å²) in [6.07, 6.45) is 4.21. The van der Waals surface area contributed by atoms with Crippen LogP contribution in [0.2, 0.25) is 0 Å². The Morgan fingerprint density at radius 3 is 2.89 bits per heavy atom. The highest BCUT2D eigenvalue weighted by atomic mass is 16.1. The number of imidazole rings is 1. The third kappa shape index (κ3) is 1.35. The standard InChI is InChI=1S/C12H11N5O/c1-8-10(7-18)17-12(14-8)16(2)11(15-17)9-4-3-5-13-6-9/h3-7H,1-2H3. The zero-order chi connectivity index (χ0) is 12.7. The van der Waals surface area contributed by atoms with Crippen molar-refractivity contribution in [3.8, 4) is 11.4 Å². The van der Waals surface area contributed by atoms with Crippen LogP contribution in [-0.2, 0) is 7.05 Å². The van der Waals surface area contributed by atoms with Crippen molar-refractivity contribution in [2.45, 2.75) is 6.92 Å². The number of nitrogens with zero attached hydrogens (tertiary/aromatic N) is 5. The Bertz CT molecular complexity index is 726. The maximum absolute atomic E-state index is 11.0. The molecule has 6 nitrogen and oxygen atoms in total. The van der Waals surface area contributed by atoms with Gasteiger partial charge in [0.05, 0.1) is 5.69 Å². The number of aromatic nitrogens is 5. The Labute approximate surface area is 103 Å². The van der Waals surface area contributed by atoms with Gasteiger partial charge < -0.3 is 0 Å². The fourth-order valence-electron chi connectivity index (χ4n) is 1.97. The van der Waals surface area contributed by atoms with Gasteiger partial charge in [0.15, 0.2) is 12.1 Å². The molecule has 0 spiro atoms. The van der Waals surface area contributed by atoms with Crippen molar-refractivity contribution in [1.29, 1.82) is 0 Å². The summed E-state index contributed by atoms with van der Waals surface area (Å²) in [5.74, 6) is 1.38. The van der Waals surface area contributed by atoms with Gasteiger partial charge in [-0.1, -0.05) is 0 Å². The SMILES string of the molecule is Cc1nc2n(C)c(-c3cccnc3)nn2c1C=O. The summed E-state index contributed by atoms with van der Waals surface area (Å²) in [5.41, 5.74) is 2.05. The van der Waals surface area contributed by atoms with Crippen molar-refractivity contribution < 1.29 is 4.79 Å². The van der Waals surface area contributed by atoms with Crippen LogP contribution in [0.25, 0.3) is 17.2 Å². The van der Waals surface area contributed by atoms with Crippen LogP contribution in [0.1, 0.15) is 16.2 Å². The molecule has 18 heavy (non-hydrogen) atoms. The lowest BCUT2D eigenvalue weighted by molar-refractivity contribution is 0.111. The normalized spacial score (nSPS) is 11.0. The molecular formula is C12H11N5O. The van der Waals surface area contributed by atoms with E-state index >= 15 is 0 Å². The second-order valence-corrected chi connectivity index (χ2v) is 4.04. The van der Waals surface area contributed by atoms with Gasteiger partial charge in [0, 0.05) is 25.0 Å². The maximum atomic E-state index is 11.0. The minimum Gasteiger partial charge on any atom is -0.296 e. The molecule has 0 radical (unpaired) electrons. The molecule has 3 aromatic rings. The first-order valence-electron chi connectivity index (χ1n) is 5.50. The number of rotatable bonds is 2. The van der Waals surface area contributed by atoms with Crippen molar-refractivity contribution in [1.82, 2.24) is 24.1 Å². The van der Waals surface area contributed by atoms with Crippen LogP contribution >= 0.6 is 0 Å². The van der Waals surface area contributed by atoms with E-state index in [0.717, 1.165) is 17.7 Å². The van der Waals surface area contributed by atoms with E-state index in [2.05, 4.69) is 15.1 Å². The molecule has 90 valence electrons. The number of fused-ring (bicyclic) bond motifs is 1. The van der Waals surface area contributed by atoms with Crippen molar-refractivity contribution >= 4 is 12.1 Å². The van der Waals surface area contributed by atoms with Crippen LogP contribution in [0.4, 0.5) is 0 Å². The second-order valence-electron chi connectivity index (χ2n) is 4.04. The molecule has 0 unspecified atom stereocenters. The summed E-state index contributed by atoms with van der Waals surface area (Å²) in [6, 6.07) is 3.76. The smallest absolute Gasteiger partial charge is 0.233 e. The summed E-state index contributed by atoms with van der Waals surface area (Å²) in [4.78, 5) is 19.4. The molecular weight excluding hydrogens is 230 g/mol. The molecule has 0 atom stereocenters. The molecule has 0 amide bonds. The molecule has 3 heterocycles. The summed E-state index contributed by atoms with van der Waals surface area (Å²) < 4.78 is 3.40. The molecule has 0 N–H and O–H groups in total. The molecule has 0 aliphatic heterocycles. The number of pyridine rings is 1. The van der Waals surface area contributed by atoms with E-state index in [1.165, 1.54) is 0 Å². The summed E-state index contributed by atoms with van der Waals surface area (Å²) >= 11 is 0. The van der Waals surface area contributed by atoms with Gasteiger partial charge in [0.1, 0.15) is 5.69 Å². The van der Waals surface area contributed by atoms with Crippen LogP contribution in [0, 0.1) is 6.92 Å². The van der Waals surface area contributed by atoms with Crippen molar-refractivity contribution in [2.24, 2.45) is 7.05 Å². The number of aldehydes is 1. The molecule has 3 rings (SSSR count). The minimum atomic E-state index is 0.482.